The van der Waals surface area contributed by atoms with E-state index in [1.807, 2.05) is 0 Å². The Bertz CT molecular complexity index is 1210. The molecule has 1 aliphatic rings. The second-order valence-corrected chi connectivity index (χ2v) is 8.65. The monoisotopic (exact) mass is 511 g/mol. The van der Waals surface area contributed by atoms with E-state index in [4.69, 9.17) is 4.74 Å². The van der Waals surface area contributed by atoms with Crippen LogP contribution < -0.4 is 20.7 Å². The van der Waals surface area contributed by atoms with E-state index in [1.54, 1.807) is 22.6 Å². The van der Waals surface area contributed by atoms with Crippen LogP contribution in [0.25, 0.3) is 5.65 Å². The van der Waals surface area contributed by atoms with Gasteiger partial charge in [0.1, 0.15) is 29.5 Å². The van der Waals surface area contributed by atoms with Crippen LogP contribution in [0.5, 0.6) is 5.75 Å². The Balaban J connectivity index is 1.36. The van der Waals surface area contributed by atoms with Crippen molar-refractivity contribution in [3.05, 3.63) is 53.9 Å². The van der Waals surface area contributed by atoms with E-state index in [2.05, 4.69) is 20.9 Å². The van der Waals surface area contributed by atoms with E-state index in [-0.39, 0.29) is 29.0 Å². The third kappa shape index (κ3) is 6.16. The Kier molecular flexibility index (Phi) is 7.51. The lowest BCUT2D eigenvalue weighted by atomic mass is 9.91. The van der Waals surface area contributed by atoms with Gasteiger partial charge in [0.15, 0.2) is 0 Å². The van der Waals surface area contributed by atoms with E-state index in [1.165, 1.54) is 31.5 Å². The van der Waals surface area contributed by atoms with Gasteiger partial charge in [0.2, 0.25) is 0 Å². The van der Waals surface area contributed by atoms with Crippen LogP contribution in [-0.4, -0.2) is 47.2 Å². The molecule has 0 atom stereocenters. The average Bonchev–Trinajstić information content (AvgIpc) is 3.29. The average molecular weight is 511 g/mol. The minimum absolute atomic E-state index is 0.0381. The smallest absolute Gasteiger partial charge is 0.405 e. The summed E-state index contributed by atoms with van der Waals surface area (Å²) in [6.45, 7) is -1.28. The summed E-state index contributed by atoms with van der Waals surface area (Å²) in [4.78, 5) is 16.8. The van der Waals surface area contributed by atoms with Crippen LogP contribution in [0.3, 0.4) is 0 Å². The van der Waals surface area contributed by atoms with Gasteiger partial charge in [-0.3, -0.25) is 9.20 Å². The van der Waals surface area contributed by atoms with E-state index in [9.17, 15) is 26.7 Å². The molecule has 2 aromatic heterocycles. The van der Waals surface area contributed by atoms with Gasteiger partial charge in [0, 0.05) is 24.3 Å². The van der Waals surface area contributed by atoms with Crippen molar-refractivity contribution < 1.29 is 31.5 Å². The number of anilines is 2. The number of aromatic nitrogens is 2. The van der Waals surface area contributed by atoms with Crippen molar-refractivity contribution in [1.82, 2.24) is 14.7 Å². The van der Waals surface area contributed by atoms with Crippen molar-refractivity contribution in [2.75, 3.05) is 24.3 Å². The number of halogens is 5. The Morgan fingerprint density at radius 3 is 2.53 bits per heavy atom. The highest BCUT2D eigenvalue weighted by molar-refractivity contribution is 6.00. The summed E-state index contributed by atoms with van der Waals surface area (Å²) in [6.07, 6.45) is -3.08. The Hall–Kier alpha value is -3.57. The summed E-state index contributed by atoms with van der Waals surface area (Å²) < 4.78 is 70.8. The highest BCUT2D eigenvalue weighted by atomic mass is 19.4. The number of nitrogens with zero attached hydrogens (tertiary/aromatic N) is 2. The lowest BCUT2D eigenvalue weighted by Crippen LogP contribution is -2.40. The number of rotatable bonds is 8. The number of imidazole rings is 1. The van der Waals surface area contributed by atoms with Crippen molar-refractivity contribution in [2.24, 2.45) is 0 Å². The van der Waals surface area contributed by atoms with E-state index in [0.717, 1.165) is 0 Å². The minimum atomic E-state index is -4.44. The largest absolute Gasteiger partial charge is 0.497 e. The number of hydrogen-bond acceptors (Lipinski definition) is 5. The van der Waals surface area contributed by atoms with Gasteiger partial charge in [-0.25, -0.2) is 13.8 Å². The standard InChI is InChI=1S/C24H26F5N5O2/c1-36-16-9-10-17(18(11-16)30-13-24(27,28)29)23(35)32-15-7-5-14(6-8-15)31-20-3-2-4-21-33-19(22(25)26)12-34(20)21/h2-4,9-12,14-15,22,30-31H,5-8,13H2,1H3,(H,32,35)/t14-,15+. The van der Waals surface area contributed by atoms with Gasteiger partial charge >= 0.3 is 6.18 Å². The molecule has 2 heterocycles. The molecular formula is C24H26F5N5O2. The second-order valence-electron chi connectivity index (χ2n) is 8.65. The van der Waals surface area contributed by atoms with Gasteiger partial charge in [0.05, 0.1) is 18.4 Å². The van der Waals surface area contributed by atoms with E-state index in [0.29, 0.717) is 42.9 Å². The first-order valence-electron chi connectivity index (χ1n) is 11.4. The number of nitrogens with one attached hydrogen (secondary N) is 3. The lowest BCUT2D eigenvalue weighted by molar-refractivity contribution is -0.115. The molecule has 12 heteroatoms. The number of carbonyl (C=O) groups excluding carboxylic acids is 1. The highest BCUT2D eigenvalue weighted by Gasteiger charge is 2.28. The van der Waals surface area contributed by atoms with Gasteiger partial charge in [-0.15, -0.1) is 0 Å². The number of alkyl halides is 5. The van der Waals surface area contributed by atoms with Crippen LogP contribution in [0.1, 0.15) is 48.2 Å². The molecule has 7 nitrogen and oxygen atoms in total. The zero-order valence-corrected chi connectivity index (χ0v) is 19.4. The number of methoxy groups -OCH3 is 1. The van der Waals surface area contributed by atoms with Crippen molar-refractivity contribution in [3.63, 3.8) is 0 Å². The number of fused-ring (bicyclic) bond motifs is 1. The molecule has 1 fully saturated rings. The molecule has 0 bridgehead atoms. The zero-order chi connectivity index (χ0) is 25.9. The molecule has 3 N–H and O–H groups in total. The van der Waals surface area contributed by atoms with Crippen molar-refractivity contribution in [2.45, 2.75) is 50.4 Å². The highest BCUT2D eigenvalue weighted by Crippen LogP contribution is 2.27. The van der Waals surface area contributed by atoms with Crippen LogP contribution in [0.4, 0.5) is 33.5 Å². The van der Waals surface area contributed by atoms with Crippen LogP contribution in [-0.2, 0) is 0 Å². The van der Waals surface area contributed by atoms with Gasteiger partial charge in [-0.2, -0.15) is 13.2 Å². The SMILES string of the molecule is COc1ccc(C(=O)N[C@H]2CC[C@@H](Nc3cccc4nc(C(F)F)cn34)CC2)c(NCC(F)(F)F)c1. The number of amides is 1. The first-order chi connectivity index (χ1) is 17.1. The van der Waals surface area contributed by atoms with Gasteiger partial charge in [-0.1, -0.05) is 6.07 Å². The van der Waals surface area contributed by atoms with Crippen molar-refractivity contribution in [1.29, 1.82) is 0 Å². The lowest BCUT2D eigenvalue weighted by Gasteiger charge is -2.30. The molecule has 0 spiro atoms. The molecule has 0 unspecified atom stereocenters. The van der Waals surface area contributed by atoms with E-state index >= 15 is 0 Å². The molecule has 36 heavy (non-hydrogen) atoms. The summed E-state index contributed by atoms with van der Waals surface area (Å²) in [5.41, 5.74) is 0.266. The number of pyridine rings is 1. The van der Waals surface area contributed by atoms with Crippen LogP contribution in [0.15, 0.2) is 42.6 Å². The third-order valence-corrected chi connectivity index (χ3v) is 6.10. The molecule has 3 aromatic rings. The number of benzene rings is 1. The molecule has 1 aliphatic carbocycles. The fourth-order valence-corrected chi connectivity index (χ4v) is 4.30. The predicted octanol–water partition coefficient (Wildman–Crippen LogP) is 5.41. The molecular weight excluding hydrogens is 485 g/mol. The summed E-state index contributed by atoms with van der Waals surface area (Å²) in [6, 6.07) is 9.40. The first kappa shape index (κ1) is 25.5. The maximum absolute atomic E-state index is 13.0. The van der Waals surface area contributed by atoms with Crippen LogP contribution in [0, 0.1) is 0 Å². The zero-order valence-electron chi connectivity index (χ0n) is 19.4. The molecule has 1 aromatic carbocycles. The Morgan fingerprint density at radius 1 is 1.14 bits per heavy atom. The fraction of sp³-hybridized carbons (Fsp3) is 0.417. The molecule has 1 saturated carbocycles. The molecule has 1 amide bonds. The molecule has 0 saturated heterocycles. The number of carbonyl (C=O) groups is 1. The normalized spacial score (nSPS) is 18.3. The summed E-state index contributed by atoms with van der Waals surface area (Å²) in [5, 5.41) is 8.56. The fourth-order valence-electron chi connectivity index (χ4n) is 4.30. The van der Waals surface area contributed by atoms with Crippen LogP contribution in [0.2, 0.25) is 0 Å². The van der Waals surface area contributed by atoms with Crippen LogP contribution >= 0.6 is 0 Å². The topological polar surface area (TPSA) is 79.7 Å². The summed E-state index contributed by atoms with van der Waals surface area (Å²) in [7, 11) is 1.39. The molecule has 0 radical (unpaired) electrons. The Labute approximate surface area is 204 Å². The first-order valence-corrected chi connectivity index (χ1v) is 11.4. The predicted molar refractivity (Wildman–Crippen MR) is 125 cm³/mol. The minimum Gasteiger partial charge on any atom is -0.497 e. The maximum atomic E-state index is 13.0. The van der Waals surface area contributed by atoms with Gasteiger partial charge in [0.25, 0.3) is 12.3 Å². The number of ether oxygens (including phenoxy) is 1. The third-order valence-electron chi connectivity index (χ3n) is 6.10. The second kappa shape index (κ2) is 10.6. The molecule has 4 rings (SSSR count). The van der Waals surface area contributed by atoms with Crippen molar-refractivity contribution >= 4 is 23.1 Å². The van der Waals surface area contributed by atoms with Gasteiger partial charge in [-0.05, 0) is 49.9 Å². The summed E-state index contributed by atoms with van der Waals surface area (Å²) in [5.74, 6) is 0.510. The Morgan fingerprint density at radius 2 is 1.86 bits per heavy atom. The summed E-state index contributed by atoms with van der Waals surface area (Å²) >= 11 is 0. The van der Waals surface area contributed by atoms with E-state index < -0.39 is 25.1 Å². The van der Waals surface area contributed by atoms with Gasteiger partial charge < -0.3 is 20.7 Å². The molecule has 194 valence electrons. The number of hydrogen-bond donors (Lipinski definition) is 3. The quantitative estimate of drug-likeness (QED) is 0.353. The molecule has 0 aliphatic heterocycles. The maximum Gasteiger partial charge on any atom is 0.405 e. The van der Waals surface area contributed by atoms with Crippen molar-refractivity contribution in [3.8, 4) is 5.75 Å².